The lowest BCUT2D eigenvalue weighted by molar-refractivity contribution is -0.385. The monoisotopic (exact) mass is 305 g/mol. The first-order valence-electron chi connectivity index (χ1n) is 5.03. The Morgan fingerprint density at radius 1 is 1.56 bits per heavy atom. The van der Waals surface area contributed by atoms with Crippen molar-refractivity contribution in [1.82, 2.24) is 0 Å². The van der Waals surface area contributed by atoms with Crippen molar-refractivity contribution < 1.29 is 4.92 Å². The van der Waals surface area contributed by atoms with Crippen molar-refractivity contribution in [2.75, 3.05) is 0 Å². The third kappa shape index (κ3) is 2.74. The second-order valence-electron chi connectivity index (χ2n) is 3.70. The van der Waals surface area contributed by atoms with Gasteiger partial charge in [-0.05, 0) is 45.5 Å². The van der Waals surface area contributed by atoms with Crippen LogP contribution < -0.4 is 0 Å². The maximum atomic E-state index is 10.8. The minimum absolute atomic E-state index is 0.101. The fraction of sp³-hybridized carbons (Fsp3) is 0.455. The summed E-state index contributed by atoms with van der Waals surface area (Å²) in [5.74, 6) is 0.650. The van der Waals surface area contributed by atoms with E-state index in [9.17, 15) is 10.1 Å². The van der Waals surface area contributed by atoms with Gasteiger partial charge in [-0.25, -0.2) is 0 Å². The van der Waals surface area contributed by atoms with Crippen molar-refractivity contribution in [3.8, 4) is 0 Å². The second kappa shape index (κ2) is 5.64. The third-order valence-electron chi connectivity index (χ3n) is 2.69. The fourth-order valence-corrected chi connectivity index (χ4v) is 2.32. The number of nitrogens with zero attached hydrogens (tertiary/aromatic N) is 1. The van der Waals surface area contributed by atoms with Crippen LogP contribution in [0.1, 0.15) is 37.3 Å². The molecule has 0 spiro atoms. The second-order valence-corrected chi connectivity index (χ2v) is 4.82. The molecule has 0 saturated heterocycles. The maximum Gasteiger partial charge on any atom is 0.283 e. The molecule has 1 rings (SSSR count). The van der Waals surface area contributed by atoms with Gasteiger partial charge < -0.3 is 0 Å². The first kappa shape index (κ1) is 13.5. The largest absolute Gasteiger partial charge is 0.283 e. The molecule has 3 nitrogen and oxygen atoms in total. The number of halogens is 2. The molecule has 88 valence electrons. The van der Waals surface area contributed by atoms with Gasteiger partial charge in [0.25, 0.3) is 5.69 Å². The number of nitro benzene ring substituents is 1. The van der Waals surface area contributed by atoms with E-state index in [1.54, 1.807) is 12.1 Å². The van der Waals surface area contributed by atoms with Crippen molar-refractivity contribution in [3.63, 3.8) is 0 Å². The quantitative estimate of drug-likeness (QED) is 0.463. The fourth-order valence-electron chi connectivity index (χ4n) is 1.55. The molecule has 0 bridgehead atoms. The van der Waals surface area contributed by atoms with Crippen LogP contribution in [-0.4, -0.2) is 4.92 Å². The first-order chi connectivity index (χ1) is 7.51. The summed E-state index contributed by atoms with van der Waals surface area (Å²) in [7, 11) is 0. The molecule has 1 atom stereocenters. The number of hydrogen-bond donors (Lipinski definition) is 0. The zero-order valence-electron chi connectivity index (χ0n) is 9.17. The summed E-state index contributed by atoms with van der Waals surface area (Å²) < 4.78 is 0.486. The highest BCUT2D eigenvalue weighted by atomic mass is 79.9. The molecule has 0 radical (unpaired) electrons. The summed E-state index contributed by atoms with van der Waals surface area (Å²) >= 11 is 9.04. The van der Waals surface area contributed by atoms with Gasteiger partial charge in [0, 0.05) is 11.9 Å². The topological polar surface area (TPSA) is 43.1 Å². The van der Waals surface area contributed by atoms with Crippen LogP contribution in [0.15, 0.2) is 16.6 Å². The third-order valence-corrected chi connectivity index (χ3v) is 3.62. The molecular formula is C11H13BrClNO2. The van der Waals surface area contributed by atoms with Gasteiger partial charge in [-0.1, -0.05) is 13.8 Å². The molecule has 0 aliphatic heterocycles. The van der Waals surface area contributed by atoms with Gasteiger partial charge in [-0.15, -0.1) is 11.6 Å². The van der Waals surface area contributed by atoms with E-state index in [2.05, 4.69) is 22.9 Å². The van der Waals surface area contributed by atoms with E-state index in [4.69, 9.17) is 11.6 Å². The van der Waals surface area contributed by atoms with Crippen LogP contribution in [0.4, 0.5) is 5.69 Å². The molecule has 0 fully saturated rings. The molecule has 5 heteroatoms. The molecule has 1 aromatic carbocycles. The first-order valence-corrected chi connectivity index (χ1v) is 6.36. The van der Waals surface area contributed by atoms with Crippen molar-refractivity contribution in [2.24, 2.45) is 0 Å². The van der Waals surface area contributed by atoms with E-state index < -0.39 is 0 Å². The van der Waals surface area contributed by atoms with Crippen LogP contribution in [0.25, 0.3) is 0 Å². The summed E-state index contributed by atoms with van der Waals surface area (Å²) in [6, 6.07) is 3.36. The standard InChI is InChI=1S/C11H13BrClNO2/c1-3-7(2)9-5-11(14(15)16)10(12)4-8(9)6-13/h4-5,7H,3,6H2,1-2H3. The van der Waals surface area contributed by atoms with Gasteiger partial charge in [0.1, 0.15) is 0 Å². The van der Waals surface area contributed by atoms with Gasteiger partial charge in [0.15, 0.2) is 0 Å². The molecule has 16 heavy (non-hydrogen) atoms. The minimum atomic E-state index is -0.381. The van der Waals surface area contributed by atoms with Crippen molar-refractivity contribution in [1.29, 1.82) is 0 Å². The average Bonchev–Trinajstić information content (AvgIpc) is 2.27. The maximum absolute atomic E-state index is 10.8. The van der Waals surface area contributed by atoms with Crippen molar-refractivity contribution in [3.05, 3.63) is 37.8 Å². The Morgan fingerprint density at radius 2 is 2.19 bits per heavy atom. The Hall–Kier alpha value is -0.610. The van der Waals surface area contributed by atoms with Gasteiger partial charge in [0.2, 0.25) is 0 Å². The summed E-state index contributed by atoms with van der Waals surface area (Å²) in [6.07, 6.45) is 0.933. The molecule has 0 N–H and O–H groups in total. The SMILES string of the molecule is CCC(C)c1cc([N+](=O)[O-])c(Br)cc1CCl. The van der Waals surface area contributed by atoms with Gasteiger partial charge in [-0.2, -0.15) is 0 Å². The molecule has 0 heterocycles. The Morgan fingerprint density at radius 3 is 2.62 bits per heavy atom. The lowest BCUT2D eigenvalue weighted by atomic mass is 9.94. The van der Waals surface area contributed by atoms with Crippen LogP contribution in [-0.2, 0) is 5.88 Å². The Bertz CT molecular complexity index is 409. The molecule has 0 saturated carbocycles. The normalized spacial score (nSPS) is 12.5. The minimum Gasteiger partial charge on any atom is -0.258 e. The summed E-state index contributed by atoms with van der Waals surface area (Å²) in [4.78, 5) is 10.4. The van der Waals surface area contributed by atoms with Crippen molar-refractivity contribution >= 4 is 33.2 Å². The molecule has 0 aromatic heterocycles. The Labute approximate surface area is 108 Å². The molecule has 0 amide bonds. The highest BCUT2D eigenvalue weighted by Gasteiger charge is 2.18. The number of alkyl halides is 1. The lowest BCUT2D eigenvalue weighted by Gasteiger charge is -2.13. The molecular weight excluding hydrogens is 293 g/mol. The molecule has 1 unspecified atom stereocenters. The van der Waals surface area contributed by atoms with Crippen LogP contribution in [0.3, 0.4) is 0 Å². The van der Waals surface area contributed by atoms with Crippen molar-refractivity contribution in [2.45, 2.75) is 32.1 Å². The summed E-state index contributed by atoms with van der Waals surface area (Å²) in [5, 5.41) is 10.8. The number of rotatable bonds is 4. The lowest BCUT2D eigenvalue weighted by Crippen LogP contribution is -2.00. The number of benzene rings is 1. The highest BCUT2D eigenvalue weighted by molar-refractivity contribution is 9.10. The summed E-state index contributed by atoms with van der Waals surface area (Å²) in [5.41, 5.74) is 2.02. The van der Waals surface area contributed by atoms with Gasteiger partial charge >= 0.3 is 0 Å². The van der Waals surface area contributed by atoms with Crippen LogP contribution in [0, 0.1) is 10.1 Å². The van der Waals surface area contributed by atoms with E-state index >= 15 is 0 Å². The van der Waals surface area contributed by atoms with Gasteiger partial charge in [-0.3, -0.25) is 10.1 Å². The predicted molar refractivity (Wildman–Crippen MR) is 69.1 cm³/mol. The Kier molecular flexibility index (Phi) is 4.74. The van der Waals surface area contributed by atoms with E-state index in [-0.39, 0.29) is 16.5 Å². The van der Waals surface area contributed by atoms with Crippen LogP contribution in [0.2, 0.25) is 0 Å². The average molecular weight is 307 g/mol. The van der Waals surface area contributed by atoms with Crippen LogP contribution >= 0.6 is 27.5 Å². The van der Waals surface area contributed by atoms with Crippen LogP contribution in [0.5, 0.6) is 0 Å². The molecule has 0 aliphatic carbocycles. The zero-order valence-corrected chi connectivity index (χ0v) is 11.5. The zero-order chi connectivity index (χ0) is 12.3. The number of nitro groups is 1. The van der Waals surface area contributed by atoms with E-state index in [1.807, 2.05) is 6.92 Å². The highest BCUT2D eigenvalue weighted by Crippen LogP contribution is 2.33. The van der Waals surface area contributed by atoms with E-state index in [1.165, 1.54) is 0 Å². The molecule has 1 aromatic rings. The smallest absolute Gasteiger partial charge is 0.258 e. The molecule has 0 aliphatic rings. The van der Waals surface area contributed by atoms with E-state index in [0.29, 0.717) is 10.4 Å². The summed E-state index contributed by atoms with van der Waals surface area (Å²) in [6.45, 7) is 4.10. The van der Waals surface area contributed by atoms with E-state index in [0.717, 1.165) is 17.5 Å². The predicted octanol–water partition coefficient (Wildman–Crippen LogP) is 4.61. The van der Waals surface area contributed by atoms with Gasteiger partial charge in [0.05, 0.1) is 9.40 Å². The Balaban J connectivity index is 3.34. The number of hydrogen-bond acceptors (Lipinski definition) is 2.